The minimum absolute atomic E-state index is 0.0423. The molecule has 0 aliphatic heterocycles. The van der Waals surface area contributed by atoms with Gasteiger partial charge in [-0.15, -0.1) is 0 Å². The molecule has 108 valence electrons. The van der Waals surface area contributed by atoms with E-state index in [2.05, 4.69) is 6.07 Å². The molecule has 2 aromatic carbocycles. The van der Waals surface area contributed by atoms with Crippen LogP contribution in [-0.4, -0.2) is 6.04 Å². The van der Waals surface area contributed by atoms with E-state index in [0.29, 0.717) is 23.6 Å². The Balaban J connectivity index is 2.10. The largest absolute Gasteiger partial charge is 0.489 e. The van der Waals surface area contributed by atoms with Gasteiger partial charge >= 0.3 is 0 Å². The van der Waals surface area contributed by atoms with Crippen molar-refractivity contribution in [1.29, 1.82) is 5.26 Å². The molecular weight excluding hydrogens is 284 g/mol. The molecule has 2 N–H and O–H groups in total. The zero-order valence-electron chi connectivity index (χ0n) is 11.8. The molecule has 0 saturated carbocycles. The van der Waals surface area contributed by atoms with E-state index in [4.69, 9.17) is 27.3 Å². The van der Waals surface area contributed by atoms with Gasteiger partial charge in [0.1, 0.15) is 12.4 Å². The van der Waals surface area contributed by atoms with Crippen molar-refractivity contribution in [3.63, 3.8) is 0 Å². The van der Waals surface area contributed by atoms with Gasteiger partial charge in [-0.3, -0.25) is 0 Å². The van der Waals surface area contributed by atoms with Crippen molar-refractivity contribution in [3.05, 3.63) is 64.2 Å². The fraction of sp³-hybridized carbons (Fsp3) is 0.235. The molecule has 0 heterocycles. The number of nitriles is 1. The van der Waals surface area contributed by atoms with Crippen molar-refractivity contribution in [2.75, 3.05) is 0 Å². The molecule has 0 saturated heterocycles. The van der Waals surface area contributed by atoms with Crippen molar-refractivity contribution in [1.82, 2.24) is 0 Å². The Bertz CT molecular complexity index is 645. The van der Waals surface area contributed by atoms with Crippen molar-refractivity contribution in [3.8, 4) is 11.8 Å². The molecule has 0 radical (unpaired) electrons. The van der Waals surface area contributed by atoms with E-state index >= 15 is 0 Å². The minimum Gasteiger partial charge on any atom is -0.489 e. The Morgan fingerprint density at radius 2 is 1.95 bits per heavy atom. The monoisotopic (exact) mass is 300 g/mol. The average molecular weight is 301 g/mol. The number of hydrogen-bond donors (Lipinski definition) is 1. The second-order valence-electron chi connectivity index (χ2n) is 5.03. The van der Waals surface area contributed by atoms with Crippen LogP contribution in [0.1, 0.15) is 23.6 Å². The Labute approximate surface area is 129 Å². The summed E-state index contributed by atoms with van der Waals surface area (Å²) >= 11 is 6.02. The van der Waals surface area contributed by atoms with Crippen LogP contribution in [0, 0.1) is 11.3 Å². The van der Waals surface area contributed by atoms with Crippen molar-refractivity contribution in [2.45, 2.75) is 26.0 Å². The van der Waals surface area contributed by atoms with Crippen molar-refractivity contribution >= 4 is 11.6 Å². The van der Waals surface area contributed by atoms with Crippen LogP contribution >= 0.6 is 11.6 Å². The van der Waals surface area contributed by atoms with Gasteiger partial charge in [0.2, 0.25) is 0 Å². The average Bonchev–Trinajstić information content (AvgIpc) is 2.46. The second-order valence-corrected chi connectivity index (χ2v) is 5.47. The van der Waals surface area contributed by atoms with Crippen LogP contribution in [0.3, 0.4) is 0 Å². The molecular formula is C17H17ClN2O. The van der Waals surface area contributed by atoms with Crippen LogP contribution in [0.5, 0.6) is 5.75 Å². The maximum Gasteiger partial charge on any atom is 0.123 e. The van der Waals surface area contributed by atoms with Gasteiger partial charge in [0, 0.05) is 11.1 Å². The third-order valence-electron chi connectivity index (χ3n) is 3.04. The molecule has 0 aliphatic carbocycles. The summed E-state index contributed by atoms with van der Waals surface area (Å²) in [6.45, 7) is 2.39. The van der Waals surface area contributed by atoms with Crippen LogP contribution in [0.15, 0.2) is 42.5 Å². The number of rotatable bonds is 5. The maximum absolute atomic E-state index is 8.78. The smallest absolute Gasteiger partial charge is 0.123 e. The predicted molar refractivity (Wildman–Crippen MR) is 84.3 cm³/mol. The molecule has 0 aliphatic rings. The highest BCUT2D eigenvalue weighted by Gasteiger charge is 2.07. The van der Waals surface area contributed by atoms with Gasteiger partial charge in [0.15, 0.2) is 0 Å². The lowest BCUT2D eigenvalue weighted by Gasteiger charge is -2.13. The summed E-state index contributed by atoms with van der Waals surface area (Å²) in [5.41, 5.74) is 8.51. The quantitative estimate of drug-likeness (QED) is 0.916. The molecule has 1 atom stereocenters. The van der Waals surface area contributed by atoms with Gasteiger partial charge in [-0.25, -0.2) is 0 Å². The minimum atomic E-state index is 0.0423. The molecule has 0 aromatic heterocycles. The summed E-state index contributed by atoms with van der Waals surface area (Å²) in [5.74, 6) is 0.793. The molecule has 1 unspecified atom stereocenters. The Kier molecular flexibility index (Phi) is 5.21. The highest BCUT2D eigenvalue weighted by molar-refractivity contribution is 6.30. The van der Waals surface area contributed by atoms with E-state index in [9.17, 15) is 0 Å². The lowest BCUT2D eigenvalue weighted by Crippen LogP contribution is -2.18. The van der Waals surface area contributed by atoms with E-state index in [-0.39, 0.29) is 6.04 Å². The number of nitrogens with zero attached hydrogens (tertiary/aromatic N) is 1. The van der Waals surface area contributed by atoms with Crippen LogP contribution in [0.25, 0.3) is 0 Å². The molecule has 0 amide bonds. The first-order valence-corrected chi connectivity index (χ1v) is 7.12. The molecule has 2 aromatic rings. The van der Waals surface area contributed by atoms with Gasteiger partial charge in [0.25, 0.3) is 0 Å². The summed E-state index contributed by atoms with van der Waals surface area (Å²) in [6.07, 6.45) is 0.712. The molecule has 21 heavy (non-hydrogen) atoms. The van der Waals surface area contributed by atoms with E-state index in [1.807, 2.05) is 31.2 Å². The van der Waals surface area contributed by atoms with E-state index in [0.717, 1.165) is 16.9 Å². The van der Waals surface area contributed by atoms with E-state index in [1.165, 1.54) is 0 Å². The molecule has 4 heteroatoms. The van der Waals surface area contributed by atoms with Gasteiger partial charge < -0.3 is 10.5 Å². The fourth-order valence-corrected chi connectivity index (χ4v) is 2.23. The summed E-state index contributed by atoms with van der Waals surface area (Å²) in [4.78, 5) is 0. The number of nitrogens with two attached hydrogens (primary N) is 1. The van der Waals surface area contributed by atoms with Crippen LogP contribution in [0.2, 0.25) is 5.02 Å². The third-order valence-corrected chi connectivity index (χ3v) is 3.28. The fourth-order valence-electron chi connectivity index (χ4n) is 2.03. The number of hydrogen-bond acceptors (Lipinski definition) is 3. The third kappa shape index (κ3) is 4.49. The summed E-state index contributed by atoms with van der Waals surface area (Å²) < 4.78 is 5.86. The normalized spacial score (nSPS) is 11.7. The Morgan fingerprint density at radius 1 is 1.24 bits per heavy atom. The first-order valence-electron chi connectivity index (χ1n) is 6.74. The molecule has 0 fully saturated rings. The SMILES string of the molecule is CC(N)Cc1cc(Cl)ccc1OCc1ccc(C#N)cc1. The second kappa shape index (κ2) is 7.12. The van der Waals surface area contributed by atoms with Gasteiger partial charge in [-0.05, 0) is 54.8 Å². The van der Waals surface area contributed by atoms with Crippen molar-refractivity contribution in [2.24, 2.45) is 5.73 Å². The number of ether oxygens (including phenoxy) is 1. The van der Waals surface area contributed by atoms with Crippen LogP contribution < -0.4 is 10.5 Å². The molecule has 2 rings (SSSR count). The van der Waals surface area contributed by atoms with Gasteiger partial charge in [-0.1, -0.05) is 23.7 Å². The number of benzene rings is 2. The first-order chi connectivity index (χ1) is 10.1. The maximum atomic E-state index is 8.78. The zero-order valence-corrected chi connectivity index (χ0v) is 12.6. The van der Waals surface area contributed by atoms with Gasteiger partial charge in [-0.2, -0.15) is 5.26 Å². The van der Waals surface area contributed by atoms with Crippen LogP contribution in [-0.2, 0) is 13.0 Å². The molecule has 3 nitrogen and oxygen atoms in total. The van der Waals surface area contributed by atoms with Crippen LogP contribution in [0.4, 0.5) is 0 Å². The summed E-state index contributed by atoms with van der Waals surface area (Å²) in [7, 11) is 0. The topological polar surface area (TPSA) is 59.0 Å². The number of halogens is 1. The highest BCUT2D eigenvalue weighted by Crippen LogP contribution is 2.25. The summed E-state index contributed by atoms with van der Waals surface area (Å²) in [6, 6.07) is 15.0. The van der Waals surface area contributed by atoms with E-state index < -0.39 is 0 Å². The lowest BCUT2D eigenvalue weighted by atomic mass is 10.1. The van der Waals surface area contributed by atoms with Gasteiger partial charge in [0.05, 0.1) is 11.6 Å². The molecule has 0 spiro atoms. The standard InChI is InChI=1S/C17H17ClN2O/c1-12(20)8-15-9-16(18)6-7-17(15)21-11-14-4-2-13(10-19)3-5-14/h2-7,9,12H,8,11,20H2,1H3. The Hall–Kier alpha value is -2.02. The van der Waals surface area contributed by atoms with Crippen molar-refractivity contribution < 1.29 is 4.74 Å². The summed E-state index contributed by atoms with van der Waals surface area (Å²) in [5, 5.41) is 9.45. The highest BCUT2D eigenvalue weighted by atomic mass is 35.5. The predicted octanol–water partition coefficient (Wildman–Crippen LogP) is 3.68. The van der Waals surface area contributed by atoms with E-state index in [1.54, 1.807) is 18.2 Å². The lowest BCUT2D eigenvalue weighted by molar-refractivity contribution is 0.302. The zero-order chi connectivity index (χ0) is 15.2. The Morgan fingerprint density at radius 3 is 2.57 bits per heavy atom. The first kappa shape index (κ1) is 15.4. The molecule has 0 bridgehead atoms.